The van der Waals surface area contributed by atoms with Crippen molar-refractivity contribution in [1.82, 2.24) is 5.32 Å². The first kappa shape index (κ1) is 27.1. The Morgan fingerprint density at radius 2 is 1.50 bits per heavy atom. The number of methoxy groups -OCH3 is 2. The average Bonchev–Trinajstić information content (AvgIpc) is 2.87. The third-order valence-corrected chi connectivity index (χ3v) is 8.07. The number of carbonyl (C=O) groups excluding carboxylic acids is 1. The summed E-state index contributed by atoms with van der Waals surface area (Å²) in [6.07, 6.45) is 0. The molecule has 0 bridgehead atoms. The van der Waals surface area contributed by atoms with Gasteiger partial charge in [-0.1, -0.05) is 13.8 Å². The van der Waals surface area contributed by atoms with Crippen LogP contribution in [0.2, 0.25) is 0 Å². The maximum atomic E-state index is 13.0. The van der Waals surface area contributed by atoms with Crippen LogP contribution >= 0.6 is 0 Å². The van der Waals surface area contributed by atoms with Crippen LogP contribution in [-0.4, -0.2) is 35.6 Å². The number of amides is 1. The lowest BCUT2D eigenvalue weighted by molar-refractivity contribution is 0.0940. The van der Waals surface area contributed by atoms with Gasteiger partial charge in [-0.05, 0) is 97.1 Å². The molecule has 0 saturated carbocycles. The molecule has 7 nitrogen and oxygen atoms in total. The van der Waals surface area contributed by atoms with Crippen LogP contribution in [-0.2, 0) is 10.0 Å². The smallest absolute Gasteiger partial charge is 0.264 e. The zero-order valence-electron chi connectivity index (χ0n) is 21.8. The Balaban J connectivity index is 1.76. The molecule has 0 saturated heterocycles. The highest BCUT2D eigenvalue weighted by Gasteiger charge is 2.22. The Kier molecular flexibility index (Phi) is 8.30. The topological polar surface area (TPSA) is 84.9 Å². The fraction of sp³-hybridized carbons (Fsp3) is 0.321. The Bertz CT molecular complexity index is 1320. The van der Waals surface area contributed by atoms with Gasteiger partial charge in [0, 0.05) is 12.6 Å². The molecule has 3 aromatic carbocycles. The first-order valence-electron chi connectivity index (χ1n) is 11.7. The van der Waals surface area contributed by atoms with Crippen molar-refractivity contribution < 1.29 is 22.7 Å². The number of benzene rings is 3. The van der Waals surface area contributed by atoms with E-state index in [9.17, 15) is 13.2 Å². The maximum Gasteiger partial charge on any atom is 0.264 e. The highest BCUT2D eigenvalue weighted by atomic mass is 32.2. The molecule has 0 aromatic heterocycles. The summed E-state index contributed by atoms with van der Waals surface area (Å²) in [4.78, 5) is 13.1. The molecule has 0 heterocycles. The van der Waals surface area contributed by atoms with Gasteiger partial charge in [-0.2, -0.15) is 0 Å². The lowest BCUT2D eigenvalue weighted by Crippen LogP contribution is -2.28. The van der Waals surface area contributed by atoms with Crippen LogP contribution in [0.15, 0.2) is 65.6 Å². The molecule has 3 rings (SSSR count). The second-order valence-corrected chi connectivity index (χ2v) is 11.0. The van der Waals surface area contributed by atoms with Gasteiger partial charge in [-0.25, -0.2) is 8.42 Å². The molecular weight excluding hydrogens is 476 g/mol. The van der Waals surface area contributed by atoms with Crippen molar-refractivity contribution in [3.8, 4) is 11.5 Å². The number of aryl methyl sites for hydroxylation is 1. The van der Waals surface area contributed by atoms with E-state index >= 15 is 0 Å². The normalized spacial score (nSPS) is 12.2. The summed E-state index contributed by atoms with van der Waals surface area (Å²) in [7, 11) is 0.906. The van der Waals surface area contributed by atoms with Crippen molar-refractivity contribution >= 4 is 21.6 Å². The molecule has 36 heavy (non-hydrogen) atoms. The number of hydrogen-bond acceptors (Lipinski definition) is 5. The van der Waals surface area contributed by atoms with Crippen LogP contribution in [0.4, 0.5) is 5.69 Å². The number of sulfonamides is 1. The minimum atomic E-state index is -3.76. The van der Waals surface area contributed by atoms with E-state index in [1.807, 2.05) is 19.9 Å². The molecule has 0 radical (unpaired) electrons. The van der Waals surface area contributed by atoms with Crippen LogP contribution in [0.25, 0.3) is 0 Å². The molecule has 0 spiro atoms. The Morgan fingerprint density at radius 1 is 0.889 bits per heavy atom. The van der Waals surface area contributed by atoms with E-state index in [0.717, 1.165) is 22.4 Å². The second kappa shape index (κ2) is 11.0. The number of nitrogens with zero attached hydrogens (tertiary/aromatic N) is 1. The molecule has 1 N–H and O–H groups in total. The number of rotatable bonds is 9. The summed E-state index contributed by atoms with van der Waals surface area (Å²) < 4.78 is 37.8. The van der Waals surface area contributed by atoms with E-state index in [1.165, 1.54) is 30.6 Å². The van der Waals surface area contributed by atoms with Gasteiger partial charge in [0.25, 0.3) is 15.9 Å². The fourth-order valence-electron chi connectivity index (χ4n) is 4.04. The number of hydrogen-bond donors (Lipinski definition) is 1. The Hall–Kier alpha value is -3.52. The molecule has 0 aliphatic rings. The largest absolute Gasteiger partial charge is 0.497 e. The van der Waals surface area contributed by atoms with Gasteiger partial charge in [0.15, 0.2) is 0 Å². The average molecular weight is 511 g/mol. The van der Waals surface area contributed by atoms with Crippen LogP contribution in [0.5, 0.6) is 11.5 Å². The maximum absolute atomic E-state index is 13.0. The molecule has 3 aromatic rings. The van der Waals surface area contributed by atoms with Crippen molar-refractivity contribution in [1.29, 1.82) is 0 Å². The molecule has 192 valence electrons. The van der Waals surface area contributed by atoms with Crippen LogP contribution in [0.3, 0.4) is 0 Å². The lowest BCUT2D eigenvalue weighted by Gasteiger charge is -2.22. The highest BCUT2D eigenvalue weighted by molar-refractivity contribution is 7.92. The van der Waals surface area contributed by atoms with Crippen molar-refractivity contribution in [3.63, 3.8) is 0 Å². The minimum absolute atomic E-state index is 0.150. The van der Waals surface area contributed by atoms with Gasteiger partial charge in [-0.15, -0.1) is 0 Å². The van der Waals surface area contributed by atoms with Gasteiger partial charge in [0.05, 0.1) is 30.8 Å². The van der Waals surface area contributed by atoms with Crippen molar-refractivity contribution in [3.05, 3.63) is 82.9 Å². The molecule has 8 heteroatoms. The minimum Gasteiger partial charge on any atom is -0.497 e. The SMILES string of the molecule is COc1ccc(S(=O)(=O)N(C)c2ccc(C(=O)N[C@@H](C)c3cc(C(C)C)c(OC)cc3C)cc2)cc1. The van der Waals surface area contributed by atoms with Crippen molar-refractivity contribution in [2.45, 2.75) is 44.6 Å². The van der Waals surface area contributed by atoms with Crippen LogP contribution < -0.4 is 19.1 Å². The van der Waals surface area contributed by atoms with Gasteiger partial charge < -0.3 is 14.8 Å². The third-order valence-electron chi connectivity index (χ3n) is 6.27. The van der Waals surface area contributed by atoms with E-state index in [1.54, 1.807) is 43.5 Å². The Morgan fingerprint density at radius 3 is 2.03 bits per heavy atom. The molecule has 0 unspecified atom stereocenters. The summed E-state index contributed by atoms with van der Waals surface area (Å²) in [6, 6.07) is 16.6. The van der Waals surface area contributed by atoms with E-state index in [4.69, 9.17) is 9.47 Å². The third kappa shape index (κ3) is 5.65. The summed E-state index contributed by atoms with van der Waals surface area (Å²) in [5.41, 5.74) is 4.03. The highest BCUT2D eigenvalue weighted by Crippen LogP contribution is 2.32. The first-order valence-corrected chi connectivity index (χ1v) is 13.2. The molecule has 0 aliphatic heterocycles. The van der Waals surface area contributed by atoms with Crippen molar-refractivity contribution in [2.75, 3.05) is 25.6 Å². The monoisotopic (exact) mass is 510 g/mol. The standard InChI is InChI=1S/C28H34N2O5S/c1-18(2)25-17-26(19(3)16-27(25)35-7)20(4)29-28(31)21-8-10-22(11-9-21)30(5)36(32,33)24-14-12-23(34-6)13-15-24/h8-18,20H,1-7H3,(H,29,31)/t20-/m0/s1. The molecule has 0 fully saturated rings. The quantitative estimate of drug-likeness (QED) is 0.414. The van der Waals surface area contributed by atoms with Crippen LogP contribution in [0.1, 0.15) is 59.8 Å². The summed E-state index contributed by atoms with van der Waals surface area (Å²) in [5.74, 6) is 1.46. The molecule has 0 aliphatic carbocycles. The fourth-order valence-corrected chi connectivity index (χ4v) is 5.23. The van der Waals surface area contributed by atoms with Gasteiger partial charge in [0.2, 0.25) is 0 Å². The van der Waals surface area contributed by atoms with E-state index < -0.39 is 10.0 Å². The van der Waals surface area contributed by atoms with Gasteiger partial charge >= 0.3 is 0 Å². The van der Waals surface area contributed by atoms with E-state index in [0.29, 0.717) is 17.0 Å². The number of nitrogens with one attached hydrogen (secondary N) is 1. The number of ether oxygens (including phenoxy) is 2. The molecule has 1 atom stereocenters. The zero-order chi connectivity index (χ0) is 26.6. The second-order valence-electron chi connectivity index (χ2n) is 9.00. The van der Waals surface area contributed by atoms with E-state index in [2.05, 4.69) is 25.2 Å². The first-order chi connectivity index (χ1) is 17.0. The summed E-state index contributed by atoms with van der Waals surface area (Å²) >= 11 is 0. The van der Waals surface area contributed by atoms with E-state index in [-0.39, 0.29) is 22.8 Å². The van der Waals surface area contributed by atoms with Crippen LogP contribution in [0, 0.1) is 6.92 Å². The van der Waals surface area contributed by atoms with Gasteiger partial charge in [-0.3, -0.25) is 9.10 Å². The number of carbonyl (C=O) groups is 1. The molecular formula is C28H34N2O5S. The van der Waals surface area contributed by atoms with Gasteiger partial charge in [0.1, 0.15) is 11.5 Å². The lowest BCUT2D eigenvalue weighted by atomic mass is 9.93. The Labute approximate surface area is 214 Å². The molecule has 1 amide bonds. The predicted octanol–water partition coefficient (Wildman–Crippen LogP) is 5.45. The zero-order valence-corrected chi connectivity index (χ0v) is 22.6. The summed E-state index contributed by atoms with van der Waals surface area (Å²) in [6.45, 7) is 8.15. The predicted molar refractivity (Wildman–Crippen MR) is 143 cm³/mol. The van der Waals surface area contributed by atoms with Crippen molar-refractivity contribution in [2.24, 2.45) is 0 Å². The number of anilines is 1. The summed E-state index contributed by atoms with van der Waals surface area (Å²) in [5, 5.41) is 3.05.